The number of hydrogen-bond acceptors (Lipinski definition) is 4. The van der Waals surface area contributed by atoms with Gasteiger partial charge in [0.05, 0.1) is 6.04 Å². The number of rotatable bonds is 2. The molecule has 0 aliphatic heterocycles. The predicted octanol–water partition coefficient (Wildman–Crippen LogP) is 3.21. The first-order chi connectivity index (χ1) is 8.33. The SMILES string of the molecule is Nc1ccc2c(c1)CCCC2Nc1nccs1. The third-order valence-corrected chi connectivity index (χ3v) is 3.92. The summed E-state index contributed by atoms with van der Waals surface area (Å²) in [5, 5.41) is 6.50. The summed E-state index contributed by atoms with van der Waals surface area (Å²) in [7, 11) is 0. The minimum absolute atomic E-state index is 0.380. The molecule has 1 aromatic carbocycles. The summed E-state index contributed by atoms with van der Waals surface area (Å²) < 4.78 is 0. The fourth-order valence-corrected chi connectivity index (χ4v) is 3.01. The largest absolute Gasteiger partial charge is 0.399 e. The highest BCUT2D eigenvalue weighted by Crippen LogP contribution is 2.33. The Kier molecular flexibility index (Phi) is 2.73. The van der Waals surface area contributed by atoms with E-state index in [-0.39, 0.29) is 0 Å². The number of nitrogens with zero attached hydrogens (tertiary/aromatic N) is 1. The van der Waals surface area contributed by atoms with Crippen molar-refractivity contribution in [2.75, 3.05) is 11.1 Å². The lowest BCUT2D eigenvalue weighted by Crippen LogP contribution is -2.17. The average molecular weight is 245 g/mol. The van der Waals surface area contributed by atoms with Crippen LogP contribution >= 0.6 is 11.3 Å². The number of nitrogens with two attached hydrogens (primary N) is 1. The zero-order chi connectivity index (χ0) is 11.7. The number of aromatic nitrogens is 1. The standard InChI is InChI=1S/C13H15N3S/c14-10-4-5-11-9(8-10)2-1-3-12(11)16-13-15-6-7-17-13/h4-8,12H,1-3,14H2,(H,15,16). The molecule has 1 atom stereocenters. The fourth-order valence-electron chi connectivity index (χ4n) is 2.43. The lowest BCUT2D eigenvalue weighted by atomic mass is 9.87. The van der Waals surface area contributed by atoms with E-state index < -0.39 is 0 Å². The summed E-state index contributed by atoms with van der Waals surface area (Å²) in [6.45, 7) is 0. The molecule has 2 aromatic rings. The molecule has 17 heavy (non-hydrogen) atoms. The van der Waals surface area contributed by atoms with Gasteiger partial charge in [0.25, 0.3) is 0 Å². The van der Waals surface area contributed by atoms with E-state index in [4.69, 9.17) is 5.73 Å². The zero-order valence-corrected chi connectivity index (χ0v) is 10.3. The van der Waals surface area contributed by atoms with Crippen LogP contribution in [-0.4, -0.2) is 4.98 Å². The molecular formula is C13H15N3S. The number of fused-ring (bicyclic) bond motifs is 1. The number of nitrogens with one attached hydrogen (secondary N) is 1. The van der Waals surface area contributed by atoms with Crippen LogP contribution in [0.2, 0.25) is 0 Å². The Balaban J connectivity index is 1.89. The molecule has 0 spiro atoms. The topological polar surface area (TPSA) is 50.9 Å². The molecular weight excluding hydrogens is 230 g/mol. The molecule has 3 N–H and O–H groups in total. The normalized spacial score (nSPS) is 18.7. The Hall–Kier alpha value is -1.55. The maximum atomic E-state index is 5.83. The van der Waals surface area contributed by atoms with Gasteiger partial charge in [-0.2, -0.15) is 0 Å². The molecule has 0 saturated heterocycles. The number of benzene rings is 1. The van der Waals surface area contributed by atoms with Crippen LogP contribution in [-0.2, 0) is 6.42 Å². The van der Waals surface area contributed by atoms with E-state index in [1.165, 1.54) is 17.5 Å². The molecule has 1 aliphatic rings. The van der Waals surface area contributed by atoms with Gasteiger partial charge in [-0.15, -0.1) is 11.3 Å². The summed E-state index contributed by atoms with van der Waals surface area (Å²) in [6, 6.07) is 6.62. The Labute approximate surface area is 105 Å². The van der Waals surface area contributed by atoms with Gasteiger partial charge in [0.15, 0.2) is 5.13 Å². The molecule has 3 nitrogen and oxygen atoms in total. The van der Waals surface area contributed by atoms with Crippen LogP contribution in [0, 0.1) is 0 Å². The van der Waals surface area contributed by atoms with Crippen molar-refractivity contribution in [2.45, 2.75) is 25.3 Å². The third-order valence-electron chi connectivity index (χ3n) is 3.21. The molecule has 0 radical (unpaired) electrons. The van der Waals surface area contributed by atoms with Crippen molar-refractivity contribution in [2.24, 2.45) is 0 Å². The molecule has 4 heteroatoms. The Bertz CT molecular complexity index is 507. The lowest BCUT2D eigenvalue weighted by Gasteiger charge is -2.26. The molecule has 1 aliphatic carbocycles. The second-order valence-electron chi connectivity index (χ2n) is 4.38. The number of hydrogen-bond donors (Lipinski definition) is 2. The Morgan fingerprint density at radius 2 is 2.35 bits per heavy atom. The van der Waals surface area contributed by atoms with Crippen molar-refractivity contribution in [3.8, 4) is 0 Å². The van der Waals surface area contributed by atoms with Gasteiger partial charge in [0.1, 0.15) is 0 Å². The summed E-state index contributed by atoms with van der Waals surface area (Å²) in [4.78, 5) is 4.28. The molecule has 1 aromatic heterocycles. The highest BCUT2D eigenvalue weighted by atomic mass is 32.1. The summed E-state index contributed by atoms with van der Waals surface area (Å²) in [5.74, 6) is 0. The molecule has 0 amide bonds. The van der Waals surface area contributed by atoms with Gasteiger partial charge < -0.3 is 11.1 Å². The zero-order valence-electron chi connectivity index (χ0n) is 9.52. The fraction of sp³-hybridized carbons (Fsp3) is 0.308. The van der Waals surface area contributed by atoms with Crippen molar-refractivity contribution >= 4 is 22.2 Å². The monoisotopic (exact) mass is 245 g/mol. The first kappa shape index (κ1) is 10.6. The maximum absolute atomic E-state index is 5.83. The first-order valence-corrected chi connectivity index (χ1v) is 6.75. The summed E-state index contributed by atoms with van der Waals surface area (Å²) >= 11 is 1.65. The predicted molar refractivity (Wildman–Crippen MR) is 72.3 cm³/mol. The van der Waals surface area contributed by atoms with E-state index in [9.17, 15) is 0 Å². The Morgan fingerprint density at radius 1 is 1.41 bits per heavy atom. The third kappa shape index (κ3) is 2.13. The number of thiazole rings is 1. The molecule has 0 fully saturated rings. The van der Waals surface area contributed by atoms with E-state index in [2.05, 4.69) is 22.4 Å². The molecule has 0 saturated carbocycles. The van der Waals surface area contributed by atoms with Crippen molar-refractivity contribution in [1.29, 1.82) is 0 Å². The van der Waals surface area contributed by atoms with Crippen molar-refractivity contribution in [1.82, 2.24) is 4.98 Å². The van der Waals surface area contributed by atoms with Crippen LogP contribution in [0.25, 0.3) is 0 Å². The van der Waals surface area contributed by atoms with Crippen molar-refractivity contribution in [3.63, 3.8) is 0 Å². The smallest absolute Gasteiger partial charge is 0.183 e. The quantitative estimate of drug-likeness (QED) is 0.799. The number of aryl methyl sites for hydroxylation is 1. The lowest BCUT2D eigenvalue weighted by molar-refractivity contribution is 0.600. The van der Waals surface area contributed by atoms with Crippen LogP contribution < -0.4 is 11.1 Å². The Morgan fingerprint density at radius 3 is 3.18 bits per heavy atom. The first-order valence-electron chi connectivity index (χ1n) is 5.87. The maximum Gasteiger partial charge on any atom is 0.183 e. The minimum Gasteiger partial charge on any atom is -0.399 e. The second-order valence-corrected chi connectivity index (χ2v) is 5.28. The van der Waals surface area contributed by atoms with Gasteiger partial charge in [-0.05, 0) is 42.5 Å². The van der Waals surface area contributed by atoms with Gasteiger partial charge in [0.2, 0.25) is 0 Å². The van der Waals surface area contributed by atoms with E-state index >= 15 is 0 Å². The van der Waals surface area contributed by atoms with Gasteiger partial charge in [-0.1, -0.05) is 6.07 Å². The molecule has 3 rings (SSSR count). The minimum atomic E-state index is 0.380. The van der Waals surface area contributed by atoms with Crippen LogP contribution in [0.15, 0.2) is 29.8 Å². The second kappa shape index (κ2) is 4.37. The van der Waals surface area contributed by atoms with Crippen LogP contribution in [0.3, 0.4) is 0 Å². The van der Waals surface area contributed by atoms with E-state index in [0.29, 0.717) is 6.04 Å². The van der Waals surface area contributed by atoms with Gasteiger partial charge >= 0.3 is 0 Å². The van der Waals surface area contributed by atoms with Crippen molar-refractivity contribution < 1.29 is 0 Å². The highest BCUT2D eigenvalue weighted by Gasteiger charge is 2.20. The number of nitrogen functional groups attached to an aromatic ring is 1. The molecule has 1 heterocycles. The van der Waals surface area contributed by atoms with Crippen LogP contribution in [0.4, 0.5) is 10.8 Å². The van der Waals surface area contributed by atoms with E-state index in [1.54, 1.807) is 11.3 Å². The highest BCUT2D eigenvalue weighted by molar-refractivity contribution is 7.13. The van der Waals surface area contributed by atoms with E-state index in [0.717, 1.165) is 23.7 Å². The van der Waals surface area contributed by atoms with Gasteiger partial charge in [-0.3, -0.25) is 0 Å². The van der Waals surface area contributed by atoms with E-state index in [1.807, 2.05) is 17.6 Å². The molecule has 88 valence electrons. The van der Waals surface area contributed by atoms with Gasteiger partial charge in [-0.25, -0.2) is 4.98 Å². The summed E-state index contributed by atoms with van der Waals surface area (Å²) in [6.07, 6.45) is 5.34. The van der Waals surface area contributed by atoms with Gasteiger partial charge in [0, 0.05) is 17.3 Å². The average Bonchev–Trinajstić information content (AvgIpc) is 2.82. The number of anilines is 2. The molecule has 1 unspecified atom stereocenters. The van der Waals surface area contributed by atoms with Crippen LogP contribution in [0.1, 0.15) is 30.0 Å². The molecule has 0 bridgehead atoms. The summed E-state index contributed by atoms with van der Waals surface area (Å²) in [5.41, 5.74) is 9.45. The van der Waals surface area contributed by atoms with Crippen molar-refractivity contribution in [3.05, 3.63) is 40.9 Å². The van der Waals surface area contributed by atoms with Crippen LogP contribution in [0.5, 0.6) is 0 Å².